The summed E-state index contributed by atoms with van der Waals surface area (Å²) in [5, 5.41) is 29.1. The monoisotopic (exact) mass is 369 g/mol. The van der Waals surface area contributed by atoms with Crippen LogP contribution in [0.25, 0.3) is 0 Å². The van der Waals surface area contributed by atoms with E-state index in [0.717, 1.165) is 37.8 Å². The molecule has 0 radical (unpaired) electrons. The molecule has 0 aromatic heterocycles. The van der Waals surface area contributed by atoms with Gasteiger partial charge in [0, 0.05) is 5.70 Å². The second-order valence-corrected chi connectivity index (χ2v) is 7.82. The molecule has 0 aromatic rings. The van der Waals surface area contributed by atoms with Gasteiger partial charge in [0.1, 0.15) is 0 Å². The average Bonchev–Trinajstić information content (AvgIpc) is 2.83. The number of nitrogens with one attached hydrogen (secondary N) is 1. The predicted octanol–water partition coefficient (Wildman–Crippen LogP) is 3.14. The maximum Gasteiger partial charge on any atom is 0.332 e. The van der Waals surface area contributed by atoms with Gasteiger partial charge in [0.2, 0.25) is 0 Å². The lowest BCUT2D eigenvalue weighted by molar-refractivity contribution is -0.144. The third-order valence-electron chi connectivity index (χ3n) is 5.81. The molecular weight excluding hydrogens is 334 g/mol. The fourth-order valence-corrected chi connectivity index (χ4v) is 4.27. The SMILES string of the molecule is CCCCCCCCC(O)CCC1C(O)CC2=C(NOCC(=O)O)CC21. The van der Waals surface area contributed by atoms with E-state index in [1.165, 1.54) is 37.7 Å². The standard InChI is InChI=1S/C20H35NO5/c1-2-3-4-5-6-7-8-14(22)9-10-15-16-11-18(17(16)12-19(15)23)21-26-13-20(24)25/h14-16,19,21-23H,2-13H2,1H3,(H,24,25). The van der Waals surface area contributed by atoms with Crippen molar-refractivity contribution < 1.29 is 25.0 Å². The molecule has 150 valence electrons. The number of fused-ring (bicyclic) bond motifs is 1. The molecule has 0 spiro atoms. The van der Waals surface area contributed by atoms with Crippen LogP contribution >= 0.6 is 0 Å². The van der Waals surface area contributed by atoms with Gasteiger partial charge in [0.25, 0.3) is 0 Å². The van der Waals surface area contributed by atoms with Crippen molar-refractivity contribution in [1.29, 1.82) is 0 Å². The van der Waals surface area contributed by atoms with E-state index >= 15 is 0 Å². The first-order chi connectivity index (χ1) is 12.5. The van der Waals surface area contributed by atoms with Crippen molar-refractivity contribution in [1.82, 2.24) is 5.48 Å². The van der Waals surface area contributed by atoms with Gasteiger partial charge in [0.05, 0.1) is 12.2 Å². The summed E-state index contributed by atoms with van der Waals surface area (Å²) in [6.45, 7) is 1.84. The summed E-state index contributed by atoms with van der Waals surface area (Å²) in [4.78, 5) is 15.4. The van der Waals surface area contributed by atoms with Crippen LogP contribution in [0, 0.1) is 11.8 Å². The van der Waals surface area contributed by atoms with Crippen molar-refractivity contribution in [2.24, 2.45) is 11.8 Å². The molecule has 26 heavy (non-hydrogen) atoms. The maximum absolute atomic E-state index is 10.5. The molecule has 1 saturated carbocycles. The molecule has 0 bridgehead atoms. The van der Waals surface area contributed by atoms with Crippen LogP contribution in [-0.4, -0.2) is 40.1 Å². The van der Waals surface area contributed by atoms with E-state index in [4.69, 9.17) is 9.94 Å². The number of carbonyl (C=O) groups is 1. The van der Waals surface area contributed by atoms with Crippen LogP contribution in [0.2, 0.25) is 0 Å². The van der Waals surface area contributed by atoms with Crippen LogP contribution in [-0.2, 0) is 9.63 Å². The number of carboxylic acids is 1. The Bertz CT molecular complexity index is 479. The normalized spacial score (nSPS) is 25.7. The topological polar surface area (TPSA) is 99.0 Å². The van der Waals surface area contributed by atoms with Gasteiger partial charge in [-0.15, -0.1) is 0 Å². The lowest BCUT2D eigenvalue weighted by Crippen LogP contribution is -2.31. The summed E-state index contributed by atoms with van der Waals surface area (Å²) in [5.74, 6) is -0.459. The van der Waals surface area contributed by atoms with Gasteiger partial charge in [-0.2, -0.15) is 0 Å². The number of hydroxylamine groups is 1. The van der Waals surface area contributed by atoms with Crippen LogP contribution in [0.15, 0.2) is 11.3 Å². The van der Waals surface area contributed by atoms with E-state index in [1.54, 1.807) is 0 Å². The largest absolute Gasteiger partial charge is 0.479 e. The molecule has 4 atom stereocenters. The molecule has 4 N–H and O–H groups in total. The fraction of sp³-hybridized carbons (Fsp3) is 0.850. The molecule has 2 rings (SSSR count). The maximum atomic E-state index is 10.5. The first kappa shape index (κ1) is 21.2. The molecule has 0 amide bonds. The first-order valence-corrected chi connectivity index (χ1v) is 10.2. The smallest absolute Gasteiger partial charge is 0.332 e. The summed E-state index contributed by atoms with van der Waals surface area (Å²) in [6, 6.07) is 0. The number of aliphatic hydroxyl groups excluding tert-OH is 2. The van der Waals surface area contributed by atoms with Gasteiger partial charge in [0.15, 0.2) is 6.61 Å². The Morgan fingerprint density at radius 3 is 2.65 bits per heavy atom. The Kier molecular flexibility index (Phi) is 8.88. The predicted molar refractivity (Wildman–Crippen MR) is 99.2 cm³/mol. The van der Waals surface area contributed by atoms with Crippen LogP contribution in [0.4, 0.5) is 0 Å². The number of aliphatic carboxylic acids is 1. The van der Waals surface area contributed by atoms with Gasteiger partial charge >= 0.3 is 5.97 Å². The Balaban J connectivity index is 1.63. The zero-order valence-electron chi connectivity index (χ0n) is 16.0. The highest BCUT2D eigenvalue weighted by atomic mass is 16.7. The number of unbranched alkanes of at least 4 members (excludes halogenated alkanes) is 5. The van der Waals surface area contributed by atoms with E-state index in [0.29, 0.717) is 12.3 Å². The minimum absolute atomic E-state index is 0.203. The molecule has 0 saturated heterocycles. The minimum atomic E-state index is -1.01. The third-order valence-corrected chi connectivity index (χ3v) is 5.81. The molecular formula is C20H35NO5. The van der Waals surface area contributed by atoms with Crippen molar-refractivity contribution in [3.05, 3.63) is 11.3 Å². The summed E-state index contributed by atoms with van der Waals surface area (Å²) < 4.78 is 0. The summed E-state index contributed by atoms with van der Waals surface area (Å²) in [6.07, 6.45) is 10.6. The molecule has 6 heteroatoms. The Labute approximate surface area is 156 Å². The molecule has 6 nitrogen and oxygen atoms in total. The second-order valence-electron chi connectivity index (χ2n) is 7.82. The van der Waals surface area contributed by atoms with Gasteiger partial charge in [-0.3, -0.25) is 10.3 Å². The number of allylic oxidation sites excluding steroid dienone is 1. The third kappa shape index (κ3) is 6.25. The minimum Gasteiger partial charge on any atom is -0.479 e. The lowest BCUT2D eigenvalue weighted by atomic mass is 9.77. The van der Waals surface area contributed by atoms with Gasteiger partial charge in [-0.25, -0.2) is 4.79 Å². The van der Waals surface area contributed by atoms with E-state index in [-0.39, 0.29) is 24.7 Å². The molecule has 0 aromatic carbocycles. The number of rotatable bonds is 14. The highest BCUT2D eigenvalue weighted by Gasteiger charge is 2.45. The van der Waals surface area contributed by atoms with Crippen LogP contribution in [0.5, 0.6) is 0 Å². The number of hydrogen-bond acceptors (Lipinski definition) is 5. The van der Waals surface area contributed by atoms with Gasteiger partial charge in [-0.1, -0.05) is 45.4 Å². The number of carboxylic acid groups (broad SMARTS) is 1. The summed E-state index contributed by atoms with van der Waals surface area (Å²) >= 11 is 0. The van der Waals surface area contributed by atoms with Crippen molar-refractivity contribution in [2.75, 3.05) is 6.61 Å². The van der Waals surface area contributed by atoms with Crippen molar-refractivity contribution in [3.8, 4) is 0 Å². The van der Waals surface area contributed by atoms with E-state index < -0.39 is 5.97 Å². The zero-order chi connectivity index (χ0) is 18.9. The second kappa shape index (κ2) is 10.9. The van der Waals surface area contributed by atoms with E-state index in [2.05, 4.69) is 12.4 Å². The molecule has 0 aliphatic heterocycles. The van der Waals surface area contributed by atoms with Crippen LogP contribution in [0.3, 0.4) is 0 Å². The molecule has 4 unspecified atom stereocenters. The van der Waals surface area contributed by atoms with Gasteiger partial charge < -0.3 is 15.3 Å². The zero-order valence-corrected chi connectivity index (χ0v) is 16.0. The van der Waals surface area contributed by atoms with Crippen LogP contribution in [0.1, 0.15) is 77.6 Å². The lowest BCUT2D eigenvalue weighted by Gasteiger charge is -2.32. The Morgan fingerprint density at radius 2 is 1.92 bits per heavy atom. The number of hydrogen-bond donors (Lipinski definition) is 4. The first-order valence-electron chi connectivity index (χ1n) is 10.2. The van der Waals surface area contributed by atoms with E-state index in [1.807, 2.05) is 0 Å². The average molecular weight is 370 g/mol. The molecule has 1 fully saturated rings. The molecule has 0 heterocycles. The highest BCUT2D eigenvalue weighted by molar-refractivity contribution is 5.67. The Hall–Kier alpha value is -1.11. The summed E-state index contributed by atoms with van der Waals surface area (Å²) in [7, 11) is 0. The van der Waals surface area contributed by atoms with Crippen molar-refractivity contribution in [3.63, 3.8) is 0 Å². The summed E-state index contributed by atoms with van der Waals surface area (Å²) in [5.41, 5.74) is 4.80. The fourth-order valence-electron chi connectivity index (χ4n) is 4.27. The van der Waals surface area contributed by atoms with E-state index in [9.17, 15) is 15.0 Å². The highest BCUT2D eigenvalue weighted by Crippen LogP contribution is 2.50. The van der Waals surface area contributed by atoms with Crippen molar-refractivity contribution in [2.45, 2.75) is 89.8 Å². The van der Waals surface area contributed by atoms with Crippen molar-refractivity contribution >= 4 is 5.97 Å². The van der Waals surface area contributed by atoms with Gasteiger partial charge in [-0.05, 0) is 49.5 Å². The number of aliphatic hydroxyl groups is 2. The molecule has 2 aliphatic rings. The van der Waals surface area contributed by atoms with Crippen LogP contribution < -0.4 is 5.48 Å². The quantitative estimate of drug-likeness (QED) is 0.277. The molecule has 2 aliphatic carbocycles. The Morgan fingerprint density at radius 1 is 1.19 bits per heavy atom.